The Morgan fingerprint density at radius 2 is 1.78 bits per heavy atom. The number of nitrogens with zero attached hydrogens (tertiary/aromatic N) is 2. The van der Waals surface area contributed by atoms with Crippen LogP contribution in [0.3, 0.4) is 0 Å². The number of hydrogen-bond acceptors (Lipinski definition) is 4. The van der Waals surface area contributed by atoms with E-state index in [1.165, 1.54) is 4.57 Å². The summed E-state index contributed by atoms with van der Waals surface area (Å²) in [4.78, 5) is 28.9. The van der Waals surface area contributed by atoms with Crippen LogP contribution in [0.25, 0.3) is 10.9 Å². The number of aryl methyl sites for hydroxylation is 1. The number of hydrogen-bond donors (Lipinski definition) is 2. The summed E-state index contributed by atoms with van der Waals surface area (Å²) in [7, 11) is 0. The Morgan fingerprint density at radius 1 is 1.09 bits per heavy atom. The number of amides is 1. The third-order valence-corrected chi connectivity index (χ3v) is 3.47. The standard InChI is InChI=1S/C17H16N4O2/c1-12-18-15-10-6-5-9-14(15)17(23)21(12)11-16(22)20-19-13-7-3-2-4-8-13/h2-10,19H,11H2,1H3,(H,20,22). The summed E-state index contributed by atoms with van der Waals surface area (Å²) in [5.41, 5.74) is 6.56. The van der Waals surface area contributed by atoms with Gasteiger partial charge in [0.2, 0.25) is 0 Å². The predicted molar refractivity (Wildman–Crippen MR) is 88.9 cm³/mol. The Balaban J connectivity index is 1.78. The number of nitrogens with one attached hydrogen (secondary N) is 2. The minimum Gasteiger partial charge on any atom is -0.299 e. The summed E-state index contributed by atoms with van der Waals surface area (Å²) in [6, 6.07) is 16.4. The highest BCUT2D eigenvalue weighted by molar-refractivity contribution is 5.79. The van der Waals surface area contributed by atoms with Gasteiger partial charge in [-0.1, -0.05) is 30.3 Å². The summed E-state index contributed by atoms with van der Waals surface area (Å²) >= 11 is 0. The number of hydrazine groups is 1. The van der Waals surface area contributed by atoms with Gasteiger partial charge in [-0.05, 0) is 31.2 Å². The van der Waals surface area contributed by atoms with Gasteiger partial charge >= 0.3 is 0 Å². The molecule has 23 heavy (non-hydrogen) atoms. The van der Waals surface area contributed by atoms with Crippen molar-refractivity contribution in [1.82, 2.24) is 15.0 Å². The zero-order chi connectivity index (χ0) is 16.2. The number of rotatable bonds is 4. The van der Waals surface area contributed by atoms with E-state index >= 15 is 0 Å². The molecular formula is C17H16N4O2. The minimum atomic E-state index is -0.323. The highest BCUT2D eigenvalue weighted by Crippen LogP contribution is 2.07. The first-order valence-corrected chi connectivity index (χ1v) is 7.21. The summed E-state index contributed by atoms with van der Waals surface area (Å²) in [6.07, 6.45) is 0. The van der Waals surface area contributed by atoms with E-state index in [2.05, 4.69) is 15.8 Å². The number of anilines is 1. The Kier molecular flexibility index (Phi) is 4.05. The fourth-order valence-corrected chi connectivity index (χ4v) is 2.31. The molecule has 1 amide bonds. The average molecular weight is 308 g/mol. The Labute approximate surface area is 132 Å². The second kappa shape index (κ2) is 6.31. The van der Waals surface area contributed by atoms with Crippen LogP contribution in [0.1, 0.15) is 5.82 Å². The Hall–Kier alpha value is -3.15. The molecule has 116 valence electrons. The molecule has 0 spiro atoms. The first-order valence-electron chi connectivity index (χ1n) is 7.21. The molecule has 3 rings (SSSR count). The third kappa shape index (κ3) is 3.21. The largest absolute Gasteiger partial charge is 0.299 e. The normalized spacial score (nSPS) is 10.5. The molecule has 2 N–H and O–H groups in total. The van der Waals surface area contributed by atoms with Crippen LogP contribution in [0.2, 0.25) is 0 Å². The van der Waals surface area contributed by atoms with Gasteiger partial charge in [-0.3, -0.25) is 25.0 Å². The number of aromatic nitrogens is 2. The monoisotopic (exact) mass is 308 g/mol. The van der Waals surface area contributed by atoms with Crippen LogP contribution in [-0.2, 0) is 11.3 Å². The maximum absolute atomic E-state index is 12.5. The first kappa shape index (κ1) is 14.8. The van der Waals surface area contributed by atoms with Crippen molar-refractivity contribution < 1.29 is 4.79 Å². The van der Waals surface area contributed by atoms with Crippen LogP contribution in [0.15, 0.2) is 59.4 Å². The number of carbonyl (C=O) groups excluding carboxylic acids is 1. The Bertz CT molecular complexity index is 903. The molecule has 6 nitrogen and oxygen atoms in total. The molecular weight excluding hydrogens is 292 g/mol. The number of fused-ring (bicyclic) bond motifs is 1. The van der Waals surface area contributed by atoms with Gasteiger partial charge in [0.15, 0.2) is 0 Å². The molecule has 6 heteroatoms. The van der Waals surface area contributed by atoms with Crippen molar-refractivity contribution in [2.75, 3.05) is 5.43 Å². The lowest BCUT2D eigenvalue weighted by Crippen LogP contribution is -2.36. The second-order valence-corrected chi connectivity index (χ2v) is 5.11. The van der Waals surface area contributed by atoms with Gasteiger partial charge in [0, 0.05) is 0 Å². The molecule has 0 radical (unpaired) electrons. The maximum atomic E-state index is 12.5. The Morgan fingerprint density at radius 3 is 2.57 bits per heavy atom. The van der Waals surface area contributed by atoms with E-state index in [0.29, 0.717) is 16.7 Å². The highest BCUT2D eigenvalue weighted by atomic mass is 16.2. The van der Waals surface area contributed by atoms with E-state index in [4.69, 9.17) is 0 Å². The van der Waals surface area contributed by atoms with Crippen molar-refractivity contribution in [3.63, 3.8) is 0 Å². The molecule has 0 fully saturated rings. The molecule has 1 aromatic heterocycles. The second-order valence-electron chi connectivity index (χ2n) is 5.11. The van der Waals surface area contributed by atoms with Crippen molar-refractivity contribution in [1.29, 1.82) is 0 Å². The van der Waals surface area contributed by atoms with E-state index < -0.39 is 0 Å². The summed E-state index contributed by atoms with van der Waals surface area (Å²) in [5, 5.41) is 0.502. The SMILES string of the molecule is Cc1nc2ccccc2c(=O)n1CC(=O)NNc1ccccc1. The number of benzene rings is 2. The van der Waals surface area contributed by atoms with E-state index in [1.807, 2.05) is 36.4 Å². The van der Waals surface area contributed by atoms with Crippen LogP contribution < -0.4 is 16.4 Å². The molecule has 0 unspecified atom stereocenters. The molecule has 0 aliphatic carbocycles. The number of carbonyl (C=O) groups is 1. The third-order valence-electron chi connectivity index (χ3n) is 3.47. The summed E-state index contributed by atoms with van der Waals surface area (Å²) in [5.74, 6) is 0.180. The fraction of sp³-hybridized carbons (Fsp3) is 0.118. The molecule has 3 aromatic rings. The van der Waals surface area contributed by atoms with E-state index in [9.17, 15) is 9.59 Å². The first-order chi connectivity index (χ1) is 11.1. The van der Waals surface area contributed by atoms with Crippen LogP contribution in [0.5, 0.6) is 0 Å². The molecule has 0 atom stereocenters. The zero-order valence-electron chi connectivity index (χ0n) is 12.6. The van der Waals surface area contributed by atoms with E-state index in [-0.39, 0.29) is 18.0 Å². The molecule has 1 heterocycles. The lowest BCUT2D eigenvalue weighted by atomic mass is 10.2. The summed E-state index contributed by atoms with van der Waals surface area (Å²) < 4.78 is 1.37. The molecule has 0 aliphatic heterocycles. The molecule has 0 aliphatic rings. The van der Waals surface area contributed by atoms with Gasteiger partial charge in [-0.2, -0.15) is 0 Å². The van der Waals surface area contributed by atoms with E-state index in [1.54, 1.807) is 25.1 Å². The maximum Gasteiger partial charge on any atom is 0.261 e. The molecule has 0 saturated carbocycles. The lowest BCUT2D eigenvalue weighted by molar-refractivity contribution is -0.121. The van der Waals surface area contributed by atoms with Gasteiger partial charge < -0.3 is 0 Å². The van der Waals surface area contributed by atoms with Gasteiger partial charge in [0.1, 0.15) is 12.4 Å². The van der Waals surface area contributed by atoms with Crippen LogP contribution in [0, 0.1) is 6.92 Å². The smallest absolute Gasteiger partial charge is 0.261 e. The predicted octanol–water partition coefficient (Wildman–Crippen LogP) is 1.85. The van der Waals surface area contributed by atoms with Gasteiger partial charge in [-0.25, -0.2) is 4.98 Å². The fourth-order valence-electron chi connectivity index (χ4n) is 2.31. The summed E-state index contributed by atoms with van der Waals surface area (Å²) in [6.45, 7) is 1.62. The van der Waals surface area contributed by atoms with Gasteiger partial charge in [-0.15, -0.1) is 0 Å². The van der Waals surface area contributed by atoms with Gasteiger partial charge in [0.05, 0.1) is 16.6 Å². The van der Waals surface area contributed by atoms with Crippen molar-refractivity contribution in [2.24, 2.45) is 0 Å². The van der Waals surface area contributed by atoms with E-state index in [0.717, 1.165) is 5.69 Å². The quantitative estimate of drug-likeness (QED) is 0.721. The molecule has 0 bridgehead atoms. The van der Waals surface area contributed by atoms with Crippen molar-refractivity contribution in [2.45, 2.75) is 13.5 Å². The van der Waals surface area contributed by atoms with Gasteiger partial charge in [0.25, 0.3) is 11.5 Å². The van der Waals surface area contributed by atoms with Crippen LogP contribution in [-0.4, -0.2) is 15.5 Å². The van der Waals surface area contributed by atoms with Crippen molar-refractivity contribution in [3.05, 3.63) is 70.8 Å². The van der Waals surface area contributed by atoms with Crippen LogP contribution in [0.4, 0.5) is 5.69 Å². The lowest BCUT2D eigenvalue weighted by Gasteiger charge is -2.12. The minimum absolute atomic E-state index is 0.0949. The van der Waals surface area contributed by atoms with Crippen molar-refractivity contribution in [3.8, 4) is 0 Å². The highest BCUT2D eigenvalue weighted by Gasteiger charge is 2.11. The average Bonchev–Trinajstić information content (AvgIpc) is 2.58. The zero-order valence-corrected chi connectivity index (χ0v) is 12.6. The van der Waals surface area contributed by atoms with Crippen LogP contribution >= 0.6 is 0 Å². The topological polar surface area (TPSA) is 76.0 Å². The molecule has 0 saturated heterocycles. The number of para-hydroxylation sites is 2. The molecule has 2 aromatic carbocycles. The van der Waals surface area contributed by atoms with Crippen molar-refractivity contribution >= 4 is 22.5 Å².